The molecule has 4 unspecified atom stereocenters. The molecule has 11 heteroatoms. The average molecular weight is 1970 g/mol. The van der Waals surface area contributed by atoms with Gasteiger partial charge in [0.05, 0.1) is 0 Å². The molecule has 144 heavy (non-hydrogen) atoms. The Balaban J connectivity index is 0.000000232. The first kappa shape index (κ1) is 119. The lowest BCUT2D eigenvalue weighted by Gasteiger charge is -2.31. The minimum atomic E-state index is -0.235. The summed E-state index contributed by atoms with van der Waals surface area (Å²) in [5, 5.41) is 101. The maximum absolute atomic E-state index is 11.0. The third kappa shape index (κ3) is 33.9. The van der Waals surface area contributed by atoms with Gasteiger partial charge in [0.1, 0.15) is 57.5 Å². The van der Waals surface area contributed by atoms with Gasteiger partial charge in [0.2, 0.25) is 0 Å². The van der Waals surface area contributed by atoms with Crippen molar-refractivity contribution in [3.8, 4) is 57.5 Å². The highest BCUT2D eigenvalue weighted by Crippen LogP contribution is 2.62. The first-order valence-electron chi connectivity index (χ1n) is 51.3. The van der Waals surface area contributed by atoms with Crippen LogP contribution in [0.2, 0.25) is 0 Å². The van der Waals surface area contributed by atoms with Crippen LogP contribution >= 0.6 is 11.8 Å². The molecule has 12 aromatic carbocycles. The van der Waals surface area contributed by atoms with Crippen molar-refractivity contribution < 1.29 is 51.1 Å². The number of aromatic hydroxyl groups is 10. The molecular weight excluding hydrogens is 1790 g/mol. The molecule has 3 aliphatic carbocycles. The van der Waals surface area contributed by atoms with Gasteiger partial charge in [0, 0.05) is 43.4 Å². The lowest BCUT2D eigenvalue weighted by molar-refractivity contribution is 0.405. The van der Waals surface area contributed by atoms with Crippen molar-refractivity contribution in [2.24, 2.45) is 29.1 Å². The lowest BCUT2D eigenvalue weighted by atomic mass is 9.73. The molecule has 774 valence electrons. The highest BCUT2D eigenvalue weighted by atomic mass is 32.2. The topological polar surface area (TPSA) is 202 Å². The molecule has 1 saturated carbocycles. The fourth-order valence-electron chi connectivity index (χ4n) is 18.6. The summed E-state index contributed by atoms with van der Waals surface area (Å²) >= 11 is 1.70. The zero-order valence-corrected chi connectivity index (χ0v) is 95.2. The van der Waals surface area contributed by atoms with Gasteiger partial charge in [-0.05, 0) is 332 Å². The Morgan fingerprint density at radius 2 is 0.694 bits per heavy atom. The van der Waals surface area contributed by atoms with Gasteiger partial charge in [-0.2, -0.15) is 0 Å². The van der Waals surface area contributed by atoms with Crippen molar-refractivity contribution in [1.29, 1.82) is 0 Å². The largest absolute Gasteiger partial charge is 0.508 e. The molecule has 2 bridgehead atoms. The van der Waals surface area contributed by atoms with E-state index in [1.165, 1.54) is 50.9 Å². The van der Waals surface area contributed by atoms with E-state index in [1.54, 1.807) is 72.4 Å². The van der Waals surface area contributed by atoms with Crippen molar-refractivity contribution in [1.82, 2.24) is 0 Å². The Kier molecular flexibility index (Phi) is 40.5. The normalized spacial score (nSPS) is 14.9. The maximum Gasteiger partial charge on any atom is 0.126 e. The van der Waals surface area contributed by atoms with Gasteiger partial charge in [-0.3, -0.25) is 0 Å². The molecule has 0 radical (unpaired) electrons. The van der Waals surface area contributed by atoms with E-state index in [0.717, 1.165) is 105 Å². The number of phenolic OH excluding ortho intramolecular Hbond substituents is 10. The zero-order chi connectivity index (χ0) is 109. The second-order valence-corrected chi connectivity index (χ2v) is 50.8. The van der Waals surface area contributed by atoms with Gasteiger partial charge in [-0.1, -0.05) is 395 Å². The standard InChI is InChI=1S/C28H30O2.C24H34O2.C23H32O2.C22H30O2S.C10H14.C9H12.2C6H6O.C5H12/c1-15(2)7-20-8-17(4)10-22(28(20)30)19-11-21-18-12-24(23(21)14-19)25(13-18)26-9-16(3)5-6-27(26)29;1-14-10-21(25)19(23(4,5)6)12-17(14)16(3)18-13-20(24(7,8)9)22(26)11-15(18)2;1-21(2,3)17-13-15(9-11-19(17)24)23(7,8)16-10-12-20(25)18(14-16)22(4,5)6;1-13-9-17(23)15(21(3,4)5)11-19(13)25-20-12-16(22(6,7)8)18(24)10-14(20)2;1-10(2,3)9-7-5-4-6-8-9;1-8(2)9-6-4-3-5-7-9;2*7-6-4-2-1-3-5-6;1-5(2,3)4/h5-6,8-11,13,18,21,23-24,29-30H,1,7,12,14H2,2-4H3;10-13,16,25-26H,1-9H3;9-14,24-25H,1-8H3;9-12,23-24H,1-8H3;4-8H,1-3H3;3-8H,1-2H3;2*1-5,7H;1-4H3. The fraction of sp³-hybridized carbons (Fsp3) is 0.414. The molecule has 0 aromatic heterocycles. The number of para-hydroxylation sites is 2. The molecule has 0 amide bonds. The minimum absolute atomic E-state index is 0.117. The first-order chi connectivity index (χ1) is 66.3. The summed E-state index contributed by atoms with van der Waals surface area (Å²) in [7, 11) is 0. The molecule has 0 saturated heterocycles. The third-order valence-electron chi connectivity index (χ3n) is 26.7. The van der Waals surface area contributed by atoms with Gasteiger partial charge in [0.25, 0.3) is 0 Å². The van der Waals surface area contributed by atoms with Crippen molar-refractivity contribution in [3.63, 3.8) is 0 Å². The summed E-state index contributed by atoms with van der Waals surface area (Å²) in [5.74, 6) is 6.55. The average Bonchev–Trinajstić information content (AvgIpc) is 1.53. The van der Waals surface area contributed by atoms with Gasteiger partial charge in [0.15, 0.2) is 0 Å². The van der Waals surface area contributed by atoms with Crippen LogP contribution in [0.25, 0.3) is 11.1 Å². The number of fused-ring (bicyclic) bond motifs is 5. The van der Waals surface area contributed by atoms with E-state index in [1.807, 2.05) is 87.5 Å². The molecule has 10 nitrogen and oxygen atoms in total. The van der Waals surface area contributed by atoms with Gasteiger partial charge < -0.3 is 51.1 Å². The number of hydrogen-bond donors (Lipinski definition) is 10. The van der Waals surface area contributed by atoms with E-state index in [4.69, 9.17) is 10.2 Å². The minimum Gasteiger partial charge on any atom is -0.508 e. The number of aryl methyl sites for hydroxylation is 6. The monoisotopic (exact) mass is 1970 g/mol. The number of rotatable bonds is 11. The van der Waals surface area contributed by atoms with Crippen molar-refractivity contribution >= 4 is 22.9 Å². The van der Waals surface area contributed by atoms with Crippen LogP contribution in [0.1, 0.15) is 356 Å². The lowest BCUT2D eigenvalue weighted by Crippen LogP contribution is -2.22. The van der Waals surface area contributed by atoms with Crippen LogP contribution in [-0.4, -0.2) is 51.1 Å². The summed E-state index contributed by atoms with van der Waals surface area (Å²) in [6, 6.07) is 76.4. The van der Waals surface area contributed by atoms with Crippen molar-refractivity contribution in [3.05, 3.63) is 378 Å². The summed E-state index contributed by atoms with van der Waals surface area (Å²) in [5.41, 5.74) is 26.5. The molecular formula is C133H176O10S. The van der Waals surface area contributed by atoms with Crippen LogP contribution in [-0.2, 0) is 49.7 Å². The number of allylic oxidation sites excluding steroid dienone is 5. The van der Waals surface area contributed by atoms with E-state index in [9.17, 15) is 40.9 Å². The third-order valence-corrected chi connectivity index (χ3v) is 28.0. The summed E-state index contributed by atoms with van der Waals surface area (Å²) in [6.07, 6.45) is 7.73. The zero-order valence-electron chi connectivity index (χ0n) is 94.3. The second-order valence-electron chi connectivity index (χ2n) is 49.7. The fourth-order valence-corrected chi connectivity index (χ4v) is 19.6. The second kappa shape index (κ2) is 48.9. The van der Waals surface area contributed by atoms with Gasteiger partial charge in [-0.15, -0.1) is 0 Å². The molecule has 0 heterocycles. The van der Waals surface area contributed by atoms with Crippen LogP contribution in [0.15, 0.2) is 271 Å². The van der Waals surface area contributed by atoms with Crippen LogP contribution in [0.4, 0.5) is 0 Å². The predicted octanol–water partition coefficient (Wildman–Crippen LogP) is 36.2. The molecule has 12 aromatic rings. The molecule has 1 fully saturated rings. The van der Waals surface area contributed by atoms with Gasteiger partial charge in [-0.25, -0.2) is 0 Å². The molecule has 0 spiro atoms. The highest BCUT2D eigenvalue weighted by Gasteiger charge is 2.51. The smallest absolute Gasteiger partial charge is 0.126 e. The van der Waals surface area contributed by atoms with Crippen LogP contribution in [0.3, 0.4) is 0 Å². The summed E-state index contributed by atoms with van der Waals surface area (Å²) < 4.78 is 0. The first-order valence-corrected chi connectivity index (χ1v) is 52.1. The van der Waals surface area contributed by atoms with E-state index >= 15 is 0 Å². The van der Waals surface area contributed by atoms with E-state index in [0.29, 0.717) is 104 Å². The highest BCUT2D eigenvalue weighted by molar-refractivity contribution is 7.99. The predicted molar refractivity (Wildman–Crippen MR) is 614 cm³/mol. The van der Waals surface area contributed by atoms with E-state index in [2.05, 4.69) is 363 Å². The molecule has 15 rings (SSSR count). The number of hydrogen-bond acceptors (Lipinski definition) is 11. The molecule has 3 aliphatic rings. The van der Waals surface area contributed by atoms with E-state index in [-0.39, 0.29) is 43.8 Å². The summed E-state index contributed by atoms with van der Waals surface area (Å²) in [6.45, 7) is 82.8. The van der Waals surface area contributed by atoms with Crippen molar-refractivity contribution in [2.75, 3.05) is 0 Å². The van der Waals surface area contributed by atoms with E-state index < -0.39 is 0 Å². The van der Waals surface area contributed by atoms with Gasteiger partial charge >= 0.3 is 0 Å². The van der Waals surface area contributed by atoms with Crippen LogP contribution in [0.5, 0.6) is 57.5 Å². The Morgan fingerprint density at radius 3 is 1.03 bits per heavy atom. The Morgan fingerprint density at radius 1 is 0.347 bits per heavy atom. The summed E-state index contributed by atoms with van der Waals surface area (Å²) in [4.78, 5) is 2.27. The molecule has 4 atom stereocenters. The van der Waals surface area contributed by atoms with Crippen LogP contribution in [0, 0.1) is 70.6 Å². The quantitative estimate of drug-likeness (QED) is 0.0552. The number of benzene rings is 12. The van der Waals surface area contributed by atoms with Crippen LogP contribution < -0.4 is 0 Å². The number of phenols is 10. The Labute approximate surface area is 872 Å². The molecule has 0 aliphatic heterocycles. The Bertz CT molecular complexity index is 6080. The maximum atomic E-state index is 11.0. The SMILES string of the molecule is C=C(C)Cc1cc(C)cc(C2=CC3C4C=C(c5cc(C)ccc5O)C(C4)C3C2)c1O.CC(C)(C)C.CC(C)(C)c1cc(C(C)(C)c2ccc(O)c(C(C)(C)C)c2)ccc1O.CC(C)(C)c1ccccc1.CC(C)c1ccccc1.Cc1cc(O)c(C(C)(C)C)cc1C(C)c1cc(C(C)(C)C)c(O)cc1C.Cc1cc(O)c(C(C)(C)C)cc1Sc1cc(C(C)(C)C)c(O)cc1C.Oc1ccccc1.Oc1ccccc1. The Hall–Kier alpha value is -11.8. The molecule has 10 N–H and O–H groups in total. The van der Waals surface area contributed by atoms with Crippen molar-refractivity contribution in [2.45, 2.75) is 340 Å².